The first kappa shape index (κ1) is 21.0. The van der Waals surface area contributed by atoms with Gasteiger partial charge >= 0.3 is 6.09 Å². The van der Waals surface area contributed by atoms with Gasteiger partial charge in [-0.1, -0.05) is 32.0 Å². The molecular formula is C22H24N4O4. The number of hydrogen-bond acceptors (Lipinski definition) is 5. The van der Waals surface area contributed by atoms with Gasteiger partial charge in [0.15, 0.2) is 0 Å². The number of anilines is 2. The number of amides is 2. The number of aromatic amines is 1. The highest BCUT2D eigenvalue weighted by molar-refractivity contribution is 5.92. The number of nitrogens with one attached hydrogen (secondary N) is 3. The van der Waals surface area contributed by atoms with E-state index in [9.17, 15) is 14.4 Å². The van der Waals surface area contributed by atoms with Crippen LogP contribution in [-0.2, 0) is 16.0 Å². The number of ether oxygens (including phenoxy) is 1. The fraction of sp³-hybridized carbons (Fsp3) is 0.273. The summed E-state index contributed by atoms with van der Waals surface area (Å²) in [6, 6.07) is 13.8. The molecule has 156 valence electrons. The van der Waals surface area contributed by atoms with Crippen LogP contribution in [0.1, 0.15) is 26.1 Å². The molecule has 0 fully saturated rings. The number of carbonyl (C=O) groups is 2. The van der Waals surface area contributed by atoms with Crippen LogP contribution in [0.25, 0.3) is 10.9 Å². The van der Waals surface area contributed by atoms with Gasteiger partial charge in [-0.15, -0.1) is 0 Å². The van der Waals surface area contributed by atoms with Gasteiger partial charge in [0, 0.05) is 24.2 Å². The lowest BCUT2D eigenvalue weighted by Gasteiger charge is -2.10. The van der Waals surface area contributed by atoms with Gasteiger partial charge in [-0.25, -0.2) is 9.78 Å². The third-order valence-corrected chi connectivity index (χ3v) is 4.19. The van der Waals surface area contributed by atoms with Crippen LogP contribution < -0.4 is 16.2 Å². The van der Waals surface area contributed by atoms with Gasteiger partial charge in [0.1, 0.15) is 5.82 Å². The van der Waals surface area contributed by atoms with Crippen LogP contribution in [0.5, 0.6) is 0 Å². The van der Waals surface area contributed by atoms with Gasteiger partial charge in [-0.2, -0.15) is 0 Å². The molecule has 8 heteroatoms. The minimum Gasteiger partial charge on any atom is -0.449 e. The Kier molecular flexibility index (Phi) is 6.79. The molecule has 1 heterocycles. The summed E-state index contributed by atoms with van der Waals surface area (Å²) < 4.78 is 5.08. The van der Waals surface area contributed by atoms with E-state index in [2.05, 4.69) is 20.6 Å². The van der Waals surface area contributed by atoms with Crippen molar-refractivity contribution in [2.75, 3.05) is 17.2 Å². The molecule has 8 nitrogen and oxygen atoms in total. The topological polar surface area (TPSA) is 113 Å². The van der Waals surface area contributed by atoms with Gasteiger partial charge in [0.25, 0.3) is 5.56 Å². The van der Waals surface area contributed by atoms with E-state index in [1.165, 1.54) is 0 Å². The quantitative estimate of drug-likeness (QED) is 0.552. The average Bonchev–Trinajstić information content (AvgIpc) is 2.71. The number of H-pyrrole nitrogens is 1. The molecule has 3 N–H and O–H groups in total. The minimum atomic E-state index is -0.543. The van der Waals surface area contributed by atoms with Gasteiger partial charge in [0.05, 0.1) is 17.5 Å². The Morgan fingerprint density at radius 1 is 1.07 bits per heavy atom. The van der Waals surface area contributed by atoms with Crippen LogP contribution in [0.4, 0.5) is 16.2 Å². The maximum absolute atomic E-state index is 12.3. The Bertz CT molecular complexity index is 1110. The standard InChI is InChI=1S/C22H24N4O4/c1-14(2)13-30-22(29)24-16-7-5-6-15(12-16)23-20(27)11-10-19-25-18-9-4-3-8-17(18)21(28)26-19/h3-9,12,14H,10-11,13H2,1-2H3,(H,23,27)(H,24,29)(H,25,26,28). The van der Waals surface area contributed by atoms with Crippen LogP contribution in [0, 0.1) is 5.92 Å². The smallest absolute Gasteiger partial charge is 0.411 e. The highest BCUT2D eigenvalue weighted by Gasteiger charge is 2.09. The van der Waals surface area contributed by atoms with E-state index < -0.39 is 6.09 Å². The second-order valence-corrected chi connectivity index (χ2v) is 7.28. The van der Waals surface area contributed by atoms with Crippen LogP contribution >= 0.6 is 0 Å². The third kappa shape index (κ3) is 5.91. The molecule has 0 aliphatic carbocycles. The summed E-state index contributed by atoms with van der Waals surface area (Å²) in [6.45, 7) is 4.23. The van der Waals surface area contributed by atoms with Gasteiger partial charge in [0.2, 0.25) is 5.91 Å². The normalized spacial score (nSPS) is 10.8. The van der Waals surface area contributed by atoms with E-state index in [1.807, 2.05) is 19.9 Å². The second-order valence-electron chi connectivity index (χ2n) is 7.28. The van der Waals surface area contributed by atoms with Crippen molar-refractivity contribution in [1.29, 1.82) is 0 Å². The van der Waals surface area contributed by atoms with Crippen LogP contribution in [0.15, 0.2) is 53.3 Å². The number of benzene rings is 2. The fourth-order valence-corrected chi connectivity index (χ4v) is 2.78. The summed E-state index contributed by atoms with van der Waals surface area (Å²) in [7, 11) is 0. The monoisotopic (exact) mass is 408 g/mol. The summed E-state index contributed by atoms with van der Waals surface area (Å²) in [5.74, 6) is 0.468. The number of carbonyl (C=O) groups excluding carboxylic acids is 2. The van der Waals surface area contributed by atoms with Crippen molar-refractivity contribution in [3.8, 4) is 0 Å². The van der Waals surface area contributed by atoms with E-state index in [0.29, 0.717) is 41.1 Å². The number of fused-ring (bicyclic) bond motifs is 1. The molecule has 3 aromatic rings. The number of hydrogen-bond donors (Lipinski definition) is 3. The number of rotatable bonds is 7. The molecule has 30 heavy (non-hydrogen) atoms. The highest BCUT2D eigenvalue weighted by Crippen LogP contribution is 2.16. The first-order valence-corrected chi connectivity index (χ1v) is 9.72. The molecule has 0 aliphatic heterocycles. The maximum Gasteiger partial charge on any atom is 0.411 e. The Morgan fingerprint density at radius 3 is 2.57 bits per heavy atom. The van der Waals surface area contributed by atoms with Gasteiger partial charge in [-0.05, 0) is 36.2 Å². The molecule has 3 rings (SSSR count). The third-order valence-electron chi connectivity index (χ3n) is 4.19. The summed E-state index contributed by atoms with van der Waals surface area (Å²) in [5.41, 5.74) is 1.43. The minimum absolute atomic E-state index is 0.148. The fourth-order valence-electron chi connectivity index (χ4n) is 2.78. The summed E-state index contributed by atoms with van der Waals surface area (Å²) in [5, 5.41) is 5.92. The van der Waals surface area contributed by atoms with Crippen LogP contribution in [-0.4, -0.2) is 28.6 Å². The largest absolute Gasteiger partial charge is 0.449 e. The molecule has 0 unspecified atom stereocenters. The lowest BCUT2D eigenvalue weighted by molar-refractivity contribution is -0.116. The number of para-hydroxylation sites is 1. The van der Waals surface area contributed by atoms with Crippen molar-refractivity contribution >= 4 is 34.3 Å². The van der Waals surface area contributed by atoms with Crippen molar-refractivity contribution in [2.45, 2.75) is 26.7 Å². The molecular weight excluding hydrogens is 384 g/mol. The molecule has 0 aliphatic rings. The Hall–Kier alpha value is -3.68. The molecule has 0 radical (unpaired) electrons. The number of aryl methyl sites for hydroxylation is 1. The predicted octanol–water partition coefficient (Wildman–Crippen LogP) is 3.70. The van der Waals surface area contributed by atoms with Crippen molar-refractivity contribution in [1.82, 2.24) is 9.97 Å². The molecule has 0 saturated heterocycles. The molecule has 2 amide bonds. The van der Waals surface area contributed by atoms with E-state index >= 15 is 0 Å². The summed E-state index contributed by atoms with van der Waals surface area (Å²) >= 11 is 0. The SMILES string of the molecule is CC(C)COC(=O)Nc1cccc(NC(=O)CCc2nc3ccccc3c(=O)[nH]2)c1. The van der Waals surface area contributed by atoms with Crippen molar-refractivity contribution in [3.05, 3.63) is 64.7 Å². The average molecular weight is 408 g/mol. The first-order chi connectivity index (χ1) is 14.4. The Morgan fingerprint density at radius 2 is 1.80 bits per heavy atom. The zero-order valence-corrected chi connectivity index (χ0v) is 16.9. The lowest BCUT2D eigenvalue weighted by Crippen LogP contribution is -2.17. The van der Waals surface area contributed by atoms with E-state index in [0.717, 1.165) is 0 Å². The number of nitrogens with zero attached hydrogens (tertiary/aromatic N) is 1. The van der Waals surface area contributed by atoms with E-state index in [-0.39, 0.29) is 23.8 Å². The summed E-state index contributed by atoms with van der Waals surface area (Å²) in [4.78, 5) is 43.3. The van der Waals surface area contributed by atoms with Gasteiger partial charge in [-0.3, -0.25) is 14.9 Å². The van der Waals surface area contributed by atoms with Crippen molar-refractivity contribution < 1.29 is 14.3 Å². The molecule has 0 bridgehead atoms. The zero-order valence-electron chi connectivity index (χ0n) is 16.9. The summed E-state index contributed by atoms with van der Waals surface area (Å²) in [6.07, 6.45) is -0.0979. The highest BCUT2D eigenvalue weighted by atomic mass is 16.5. The van der Waals surface area contributed by atoms with Gasteiger partial charge < -0.3 is 15.0 Å². The zero-order chi connectivity index (χ0) is 21.5. The second kappa shape index (κ2) is 9.69. The molecule has 0 spiro atoms. The first-order valence-electron chi connectivity index (χ1n) is 9.72. The molecule has 1 aromatic heterocycles. The van der Waals surface area contributed by atoms with Crippen molar-refractivity contribution in [3.63, 3.8) is 0 Å². The molecule has 0 saturated carbocycles. The predicted molar refractivity (Wildman–Crippen MR) is 116 cm³/mol. The van der Waals surface area contributed by atoms with Crippen molar-refractivity contribution in [2.24, 2.45) is 5.92 Å². The Balaban J connectivity index is 1.56. The molecule has 0 atom stereocenters. The maximum atomic E-state index is 12.3. The van der Waals surface area contributed by atoms with Crippen LogP contribution in [0.3, 0.4) is 0 Å². The lowest BCUT2D eigenvalue weighted by atomic mass is 10.2. The Labute approximate surface area is 173 Å². The number of aromatic nitrogens is 2. The van der Waals surface area contributed by atoms with E-state index in [4.69, 9.17) is 4.74 Å². The van der Waals surface area contributed by atoms with E-state index in [1.54, 1.807) is 42.5 Å². The molecule has 2 aromatic carbocycles. The van der Waals surface area contributed by atoms with Crippen LogP contribution in [0.2, 0.25) is 0 Å².